The Morgan fingerprint density at radius 3 is 2.73 bits per heavy atom. The van der Waals surface area contributed by atoms with Crippen LogP contribution in [0.3, 0.4) is 0 Å². The predicted octanol–water partition coefficient (Wildman–Crippen LogP) is -0.162. The molecule has 2 atom stereocenters. The number of hydrogen-bond acceptors (Lipinski definition) is 3. The summed E-state index contributed by atoms with van der Waals surface area (Å²) in [5, 5.41) is 11.7. The van der Waals surface area contributed by atoms with Gasteiger partial charge in [-0.25, -0.2) is 0 Å². The molecule has 0 radical (unpaired) electrons. The zero-order valence-corrected chi connectivity index (χ0v) is 6.76. The number of methoxy groups -OCH3 is 1. The molecule has 0 aromatic rings. The molecule has 1 rings (SSSR count). The highest BCUT2D eigenvalue weighted by Gasteiger charge is 2.40. The summed E-state index contributed by atoms with van der Waals surface area (Å²) >= 11 is 0. The molecule has 0 saturated carbocycles. The summed E-state index contributed by atoms with van der Waals surface area (Å²) in [6.07, 6.45) is 0.579. The molecule has 0 spiro atoms. The van der Waals surface area contributed by atoms with E-state index in [9.17, 15) is 4.79 Å². The highest BCUT2D eigenvalue weighted by molar-refractivity contribution is 5.78. The summed E-state index contributed by atoms with van der Waals surface area (Å²) in [5.74, 6) is -0.808. The Balaban J connectivity index is 2.57. The maximum absolute atomic E-state index is 10.7. The highest BCUT2D eigenvalue weighted by atomic mass is 16.5. The van der Waals surface area contributed by atoms with E-state index in [0.29, 0.717) is 13.0 Å². The van der Waals surface area contributed by atoms with E-state index in [2.05, 4.69) is 5.32 Å². The number of carboxylic acids is 1. The molecule has 2 N–H and O–H groups in total. The lowest BCUT2D eigenvalue weighted by Gasteiger charge is -2.17. The second kappa shape index (κ2) is 2.79. The van der Waals surface area contributed by atoms with Gasteiger partial charge in [-0.05, 0) is 6.92 Å². The lowest BCUT2D eigenvalue weighted by molar-refractivity contribution is -0.143. The van der Waals surface area contributed by atoms with Gasteiger partial charge in [-0.15, -0.1) is 0 Å². The summed E-state index contributed by atoms with van der Waals surface area (Å²) < 4.78 is 5.03. The molecule has 1 heterocycles. The fourth-order valence-corrected chi connectivity index (χ4v) is 1.27. The maximum Gasteiger partial charge on any atom is 0.323 e. The quantitative estimate of drug-likeness (QED) is 0.587. The van der Waals surface area contributed by atoms with Crippen LogP contribution in [0.2, 0.25) is 0 Å². The van der Waals surface area contributed by atoms with Crippen LogP contribution in [-0.2, 0) is 9.53 Å². The van der Waals surface area contributed by atoms with Gasteiger partial charge in [0.15, 0.2) is 0 Å². The predicted molar refractivity (Wildman–Crippen MR) is 39.5 cm³/mol. The van der Waals surface area contributed by atoms with Crippen molar-refractivity contribution >= 4 is 5.97 Å². The van der Waals surface area contributed by atoms with E-state index in [-0.39, 0.29) is 6.10 Å². The van der Waals surface area contributed by atoms with Crippen molar-refractivity contribution in [2.24, 2.45) is 0 Å². The van der Waals surface area contributed by atoms with Gasteiger partial charge in [0.2, 0.25) is 0 Å². The van der Waals surface area contributed by atoms with Crippen LogP contribution in [0, 0.1) is 0 Å². The van der Waals surface area contributed by atoms with E-state index in [1.807, 2.05) is 0 Å². The van der Waals surface area contributed by atoms with E-state index in [1.54, 1.807) is 14.0 Å². The Labute approximate surface area is 65.5 Å². The molecule has 1 fully saturated rings. The minimum atomic E-state index is -0.808. The smallest absolute Gasteiger partial charge is 0.323 e. The average Bonchev–Trinajstić information content (AvgIpc) is 2.33. The van der Waals surface area contributed by atoms with Gasteiger partial charge in [0.25, 0.3) is 0 Å². The van der Waals surface area contributed by atoms with Crippen molar-refractivity contribution < 1.29 is 14.6 Å². The van der Waals surface area contributed by atoms with Crippen LogP contribution in [0.25, 0.3) is 0 Å². The van der Waals surface area contributed by atoms with E-state index in [4.69, 9.17) is 9.84 Å². The first kappa shape index (κ1) is 8.49. The van der Waals surface area contributed by atoms with Crippen molar-refractivity contribution in [3.05, 3.63) is 0 Å². The van der Waals surface area contributed by atoms with Crippen LogP contribution in [0.5, 0.6) is 0 Å². The average molecular weight is 159 g/mol. The molecule has 4 heteroatoms. The summed E-state index contributed by atoms with van der Waals surface area (Å²) in [7, 11) is 1.60. The third kappa shape index (κ3) is 1.52. The highest BCUT2D eigenvalue weighted by Crippen LogP contribution is 2.20. The van der Waals surface area contributed by atoms with Crippen LogP contribution in [-0.4, -0.2) is 36.4 Å². The van der Waals surface area contributed by atoms with Gasteiger partial charge >= 0.3 is 5.97 Å². The molecule has 0 bridgehead atoms. The van der Waals surface area contributed by atoms with Crippen LogP contribution in [0.15, 0.2) is 0 Å². The van der Waals surface area contributed by atoms with Gasteiger partial charge in [0.05, 0.1) is 6.10 Å². The van der Waals surface area contributed by atoms with Gasteiger partial charge in [-0.2, -0.15) is 0 Å². The van der Waals surface area contributed by atoms with Gasteiger partial charge in [-0.1, -0.05) is 0 Å². The molecule has 1 saturated heterocycles. The lowest BCUT2D eigenvalue weighted by atomic mass is 10.0. The molecule has 64 valence electrons. The summed E-state index contributed by atoms with van der Waals surface area (Å²) in [5.41, 5.74) is -0.791. The summed E-state index contributed by atoms with van der Waals surface area (Å²) in [6.45, 7) is 2.30. The van der Waals surface area contributed by atoms with Gasteiger partial charge in [0.1, 0.15) is 5.54 Å². The number of ether oxygens (including phenoxy) is 1. The number of aliphatic carboxylic acids is 1. The number of rotatable bonds is 2. The minimum absolute atomic E-state index is 0.0381. The second-order valence-corrected chi connectivity index (χ2v) is 3.08. The minimum Gasteiger partial charge on any atom is -0.480 e. The Hall–Kier alpha value is -0.610. The standard InChI is InChI=1S/C7H13NO3/c1-7(6(9)10)3-5(11-2)4-8-7/h5,8H,3-4H2,1-2H3,(H,9,10)/t5-,7+/m0/s1. The zero-order chi connectivity index (χ0) is 8.48. The Bertz CT molecular complexity index is 171. The van der Waals surface area contributed by atoms with E-state index < -0.39 is 11.5 Å². The molecule has 0 aromatic carbocycles. The van der Waals surface area contributed by atoms with Gasteiger partial charge in [-0.3, -0.25) is 10.1 Å². The lowest BCUT2D eigenvalue weighted by Crippen LogP contribution is -2.44. The molecule has 11 heavy (non-hydrogen) atoms. The topological polar surface area (TPSA) is 58.6 Å². The molecule has 0 amide bonds. The van der Waals surface area contributed by atoms with Crippen molar-refractivity contribution in [2.45, 2.75) is 25.0 Å². The molecule has 1 aliphatic rings. The number of carboxylic acid groups (broad SMARTS) is 1. The third-order valence-corrected chi connectivity index (χ3v) is 2.16. The van der Waals surface area contributed by atoms with Crippen LogP contribution >= 0.6 is 0 Å². The number of carbonyl (C=O) groups is 1. The molecule has 1 aliphatic heterocycles. The van der Waals surface area contributed by atoms with E-state index >= 15 is 0 Å². The molecular weight excluding hydrogens is 146 g/mol. The summed E-state index contributed by atoms with van der Waals surface area (Å²) in [4.78, 5) is 10.7. The van der Waals surface area contributed by atoms with Crippen molar-refractivity contribution in [3.8, 4) is 0 Å². The second-order valence-electron chi connectivity index (χ2n) is 3.08. The van der Waals surface area contributed by atoms with Crippen molar-refractivity contribution in [1.29, 1.82) is 0 Å². The number of nitrogens with one attached hydrogen (secondary N) is 1. The van der Waals surface area contributed by atoms with Crippen LogP contribution in [0.1, 0.15) is 13.3 Å². The van der Waals surface area contributed by atoms with Gasteiger partial charge < -0.3 is 9.84 Å². The van der Waals surface area contributed by atoms with Crippen molar-refractivity contribution in [2.75, 3.05) is 13.7 Å². The molecule has 4 nitrogen and oxygen atoms in total. The molecular formula is C7H13NO3. The largest absolute Gasteiger partial charge is 0.480 e. The normalized spacial score (nSPS) is 37.5. The first-order valence-corrected chi connectivity index (χ1v) is 3.60. The van der Waals surface area contributed by atoms with E-state index in [1.165, 1.54) is 0 Å². The zero-order valence-electron chi connectivity index (χ0n) is 6.76. The first-order valence-electron chi connectivity index (χ1n) is 3.60. The SMILES string of the molecule is CO[C@@H]1CN[C@@](C)(C(=O)O)C1. The van der Waals surface area contributed by atoms with Crippen molar-refractivity contribution in [3.63, 3.8) is 0 Å². The van der Waals surface area contributed by atoms with Crippen LogP contribution in [0.4, 0.5) is 0 Å². The fraction of sp³-hybridized carbons (Fsp3) is 0.857. The maximum atomic E-state index is 10.7. The van der Waals surface area contributed by atoms with E-state index in [0.717, 1.165) is 0 Å². The Morgan fingerprint density at radius 2 is 2.45 bits per heavy atom. The fourth-order valence-electron chi connectivity index (χ4n) is 1.27. The number of hydrogen-bond donors (Lipinski definition) is 2. The van der Waals surface area contributed by atoms with Gasteiger partial charge in [0, 0.05) is 20.1 Å². The first-order chi connectivity index (χ1) is 5.08. The molecule has 0 unspecified atom stereocenters. The Morgan fingerprint density at radius 1 is 1.82 bits per heavy atom. The van der Waals surface area contributed by atoms with Crippen LogP contribution < -0.4 is 5.32 Å². The third-order valence-electron chi connectivity index (χ3n) is 2.16. The monoisotopic (exact) mass is 159 g/mol. The van der Waals surface area contributed by atoms with Crippen molar-refractivity contribution in [1.82, 2.24) is 5.32 Å². The molecule has 0 aromatic heterocycles. The molecule has 0 aliphatic carbocycles. The Kier molecular flexibility index (Phi) is 2.15. The summed E-state index contributed by atoms with van der Waals surface area (Å²) in [6, 6.07) is 0.